The Morgan fingerprint density at radius 3 is 2.70 bits per heavy atom. The predicted molar refractivity (Wildman–Crippen MR) is 114 cm³/mol. The molecule has 1 fully saturated rings. The van der Waals surface area contributed by atoms with Gasteiger partial charge in [0.1, 0.15) is 0 Å². The summed E-state index contributed by atoms with van der Waals surface area (Å²) < 4.78 is 1.76. The second-order valence-electron chi connectivity index (χ2n) is 6.60. The summed E-state index contributed by atoms with van der Waals surface area (Å²) in [6, 6.07) is 9.60. The maximum absolute atomic E-state index is 11.7. The van der Waals surface area contributed by atoms with Crippen molar-refractivity contribution in [3.05, 3.63) is 52.3 Å². The third-order valence-corrected chi connectivity index (χ3v) is 5.63. The van der Waals surface area contributed by atoms with Gasteiger partial charge < -0.3 is 19.7 Å². The van der Waals surface area contributed by atoms with E-state index in [0.29, 0.717) is 0 Å². The molecular weight excluding hydrogens is 358 g/mol. The smallest absolute Gasteiger partial charge is 0.250 e. The molecule has 1 aliphatic rings. The molecule has 7 heteroatoms. The molecule has 27 heavy (non-hydrogen) atoms. The van der Waals surface area contributed by atoms with E-state index in [2.05, 4.69) is 39.6 Å². The van der Waals surface area contributed by atoms with Crippen molar-refractivity contribution >= 4 is 22.3 Å². The fraction of sp³-hybridized carbons (Fsp3) is 0.500. The van der Waals surface area contributed by atoms with E-state index in [1.807, 2.05) is 12.3 Å². The minimum atomic E-state index is 0.0675. The van der Waals surface area contributed by atoms with Gasteiger partial charge in [0.25, 0.3) is 0 Å². The summed E-state index contributed by atoms with van der Waals surface area (Å²) in [5.41, 5.74) is 0.0675. The van der Waals surface area contributed by atoms with E-state index < -0.39 is 0 Å². The Morgan fingerprint density at radius 2 is 2.00 bits per heavy atom. The highest BCUT2D eigenvalue weighted by molar-refractivity contribution is 7.14. The molecular formula is C20H29N5OS. The summed E-state index contributed by atoms with van der Waals surface area (Å²) in [7, 11) is 0. The lowest BCUT2D eigenvalue weighted by Gasteiger charge is -2.37. The Hall–Kier alpha value is -2.28. The normalized spacial score (nSPS) is 15.2. The van der Waals surface area contributed by atoms with Crippen LogP contribution < -0.4 is 15.8 Å². The van der Waals surface area contributed by atoms with Crippen molar-refractivity contribution in [3.8, 4) is 0 Å². The van der Waals surface area contributed by atoms with Gasteiger partial charge >= 0.3 is 0 Å². The molecule has 0 radical (unpaired) electrons. The minimum Gasteiger partial charge on any atom is -0.360 e. The Bertz CT molecular complexity index is 763. The number of thiophene rings is 1. The van der Waals surface area contributed by atoms with Crippen molar-refractivity contribution in [2.75, 3.05) is 44.2 Å². The lowest BCUT2D eigenvalue weighted by atomic mass is 10.3. The Morgan fingerprint density at radius 1 is 1.15 bits per heavy atom. The van der Waals surface area contributed by atoms with Crippen LogP contribution in [0.25, 0.3) is 0 Å². The summed E-state index contributed by atoms with van der Waals surface area (Å²) in [6.07, 6.45) is 3.78. The minimum absolute atomic E-state index is 0.0675. The number of anilines is 1. The van der Waals surface area contributed by atoms with E-state index in [1.165, 1.54) is 5.00 Å². The predicted octanol–water partition coefficient (Wildman–Crippen LogP) is 2.48. The number of pyridine rings is 1. The van der Waals surface area contributed by atoms with Crippen molar-refractivity contribution in [2.45, 2.75) is 26.3 Å². The first-order valence-corrected chi connectivity index (χ1v) is 10.6. The average Bonchev–Trinajstić information content (AvgIpc) is 3.23. The molecule has 3 rings (SSSR count). The first kappa shape index (κ1) is 19.5. The van der Waals surface area contributed by atoms with Crippen molar-refractivity contribution in [2.24, 2.45) is 4.99 Å². The summed E-state index contributed by atoms with van der Waals surface area (Å²) >= 11 is 1.81. The van der Waals surface area contributed by atoms with Crippen LogP contribution in [0.4, 0.5) is 5.00 Å². The quantitative estimate of drug-likeness (QED) is 0.451. The number of rotatable bonds is 7. The van der Waals surface area contributed by atoms with Gasteiger partial charge in [-0.05, 0) is 43.3 Å². The standard InChI is InChI=1S/C20H29N5OS/c1-2-21-20(22-10-4-6-12-23-11-5-3-8-18(23)26)25-15-13-24(14-16-25)19-9-7-17-27-19/h3,5,7-9,11,17H,2,4,6,10,12-16H2,1H3,(H,21,22). The summed E-state index contributed by atoms with van der Waals surface area (Å²) in [4.78, 5) is 21.3. The van der Waals surface area contributed by atoms with Gasteiger partial charge in [-0.1, -0.05) is 6.07 Å². The molecule has 0 aliphatic carbocycles. The summed E-state index contributed by atoms with van der Waals surface area (Å²) in [5, 5.41) is 6.91. The zero-order valence-corrected chi connectivity index (χ0v) is 16.8. The summed E-state index contributed by atoms with van der Waals surface area (Å²) in [5.74, 6) is 1.01. The van der Waals surface area contributed by atoms with Gasteiger partial charge in [0.05, 0.1) is 5.00 Å². The largest absolute Gasteiger partial charge is 0.360 e. The third kappa shape index (κ3) is 5.60. The second kappa shape index (κ2) is 10.2. The molecule has 6 nitrogen and oxygen atoms in total. The molecule has 0 saturated carbocycles. The molecule has 2 aromatic heterocycles. The van der Waals surface area contributed by atoms with Gasteiger partial charge in [-0.2, -0.15) is 0 Å². The SMILES string of the molecule is CCNC(=NCCCCn1ccccc1=O)N1CCN(c2cccs2)CC1. The number of hydrogen-bond acceptors (Lipinski definition) is 4. The van der Waals surface area contributed by atoms with Gasteiger partial charge in [-0.3, -0.25) is 9.79 Å². The number of aryl methyl sites for hydroxylation is 1. The molecule has 0 atom stereocenters. The number of nitrogens with one attached hydrogen (secondary N) is 1. The maximum atomic E-state index is 11.7. The van der Waals surface area contributed by atoms with Crippen LogP contribution in [-0.4, -0.2) is 54.7 Å². The van der Waals surface area contributed by atoms with Crippen LogP contribution in [-0.2, 0) is 6.54 Å². The van der Waals surface area contributed by atoms with Crippen LogP contribution in [0.3, 0.4) is 0 Å². The number of piperazine rings is 1. The molecule has 0 unspecified atom stereocenters. The van der Waals surface area contributed by atoms with Crippen molar-refractivity contribution in [1.82, 2.24) is 14.8 Å². The van der Waals surface area contributed by atoms with Crippen molar-refractivity contribution in [1.29, 1.82) is 0 Å². The number of aromatic nitrogens is 1. The van der Waals surface area contributed by atoms with E-state index in [0.717, 1.165) is 64.6 Å². The third-order valence-electron chi connectivity index (χ3n) is 4.70. The lowest BCUT2D eigenvalue weighted by molar-refractivity contribution is 0.373. The number of unbranched alkanes of at least 4 members (excludes halogenated alkanes) is 1. The van der Waals surface area contributed by atoms with Gasteiger partial charge in [0, 0.05) is 58.1 Å². The number of nitrogens with zero attached hydrogens (tertiary/aromatic N) is 4. The zero-order chi connectivity index (χ0) is 18.9. The topological polar surface area (TPSA) is 52.9 Å². The fourth-order valence-corrected chi connectivity index (χ4v) is 4.02. The van der Waals surface area contributed by atoms with Gasteiger partial charge in [-0.15, -0.1) is 11.3 Å². The molecule has 1 N–H and O–H groups in total. The van der Waals surface area contributed by atoms with Crippen LogP contribution in [0, 0.1) is 0 Å². The average molecular weight is 388 g/mol. The Labute approximate surface area is 165 Å². The fourth-order valence-electron chi connectivity index (χ4n) is 3.24. The van der Waals surface area contributed by atoms with Crippen LogP contribution in [0.15, 0.2) is 51.7 Å². The molecule has 1 saturated heterocycles. The molecule has 0 aromatic carbocycles. The molecule has 0 bridgehead atoms. The van der Waals surface area contributed by atoms with Crippen LogP contribution in [0.1, 0.15) is 19.8 Å². The van der Waals surface area contributed by atoms with Gasteiger partial charge in [0.2, 0.25) is 5.56 Å². The molecule has 1 aliphatic heterocycles. The van der Waals surface area contributed by atoms with Gasteiger partial charge in [-0.25, -0.2) is 0 Å². The van der Waals surface area contributed by atoms with E-state index in [4.69, 9.17) is 4.99 Å². The maximum Gasteiger partial charge on any atom is 0.250 e. The molecule has 2 aromatic rings. The number of hydrogen-bond donors (Lipinski definition) is 1. The second-order valence-corrected chi connectivity index (χ2v) is 7.53. The molecule has 0 amide bonds. The lowest BCUT2D eigenvalue weighted by Crippen LogP contribution is -2.52. The van der Waals surface area contributed by atoms with Crippen LogP contribution in [0.2, 0.25) is 0 Å². The van der Waals surface area contributed by atoms with Crippen LogP contribution >= 0.6 is 11.3 Å². The first-order chi connectivity index (χ1) is 13.3. The van der Waals surface area contributed by atoms with Crippen molar-refractivity contribution in [3.63, 3.8) is 0 Å². The van der Waals surface area contributed by atoms with E-state index in [9.17, 15) is 4.79 Å². The zero-order valence-electron chi connectivity index (χ0n) is 16.0. The first-order valence-electron chi connectivity index (χ1n) is 9.75. The molecule has 0 spiro atoms. The van der Waals surface area contributed by atoms with E-state index in [-0.39, 0.29) is 5.56 Å². The van der Waals surface area contributed by atoms with E-state index in [1.54, 1.807) is 28.0 Å². The summed E-state index contributed by atoms with van der Waals surface area (Å²) in [6.45, 7) is 8.57. The monoisotopic (exact) mass is 387 g/mol. The highest BCUT2D eigenvalue weighted by atomic mass is 32.1. The Balaban J connectivity index is 1.45. The molecule has 146 valence electrons. The Kier molecular flexibility index (Phi) is 7.33. The highest BCUT2D eigenvalue weighted by Crippen LogP contribution is 2.22. The van der Waals surface area contributed by atoms with Crippen LogP contribution in [0.5, 0.6) is 0 Å². The number of guanidine groups is 1. The van der Waals surface area contributed by atoms with E-state index >= 15 is 0 Å². The van der Waals surface area contributed by atoms with Crippen molar-refractivity contribution < 1.29 is 0 Å². The van der Waals surface area contributed by atoms with Gasteiger partial charge in [0.15, 0.2) is 5.96 Å². The molecule has 3 heterocycles. The number of aliphatic imine (C=N–C) groups is 1. The highest BCUT2D eigenvalue weighted by Gasteiger charge is 2.20.